The maximum atomic E-state index is 11.7. The van der Waals surface area contributed by atoms with Gasteiger partial charge in [0.25, 0.3) is 5.91 Å². The first-order valence-corrected chi connectivity index (χ1v) is 6.54. The molecule has 0 aliphatic carbocycles. The quantitative estimate of drug-likeness (QED) is 0.785. The van der Waals surface area contributed by atoms with E-state index >= 15 is 0 Å². The molecule has 0 aromatic heterocycles. The Labute approximate surface area is 113 Å². The molecule has 2 rings (SSSR count). The number of fused-ring (bicyclic) bond motifs is 1. The Morgan fingerprint density at radius 2 is 2.11 bits per heavy atom. The van der Waals surface area contributed by atoms with Gasteiger partial charge in [0.1, 0.15) is 6.54 Å². The predicted molar refractivity (Wildman–Crippen MR) is 71.3 cm³/mol. The maximum absolute atomic E-state index is 11.7. The average molecular weight is 265 g/mol. The van der Waals surface area contributed by atoms with E-state index in [1.807, 2.05) is 39.1 Å². The van der Waals surface area contributed by atoms with Gasteiger partial charge in [-0.2, -0.15) is 0 Å². The number of benzene rings is 1. The van der Waals surface area contributed by atoms with Crippen molar-refractivity contribution in [3.05, 3.63) is 23.8 Å². The van der Waals surface area contributed by atoms with Crippen molar-refractivity contribution in [2.75, 3.05) is 20.4 Å². The Bertz CT molecular complexity index is 460. The summed E-state index contributed by atoms with van der Waals surface area (Å²) in [5.74, 6) is 1.66. The highest BCUT2D eigenvalue weighted by Crippen LogP contribution is 2.32. The number of hydrogen-bond donors (Lipinski definition) is 2. The van der Waals surface area contributed by atoms with Crippen molar-refractivity contribution in [1.82, 2.24) is 5.32 Å². The number of rotatable bonds is 5. The average Bonchev–Trinajstić information content (AvgIpc) is 2.74. The predicted octanol–water partition coefficient (Wildman–Crippen LogP) is -0.0454. The Hall–Kier alpha value is -1.75. The van der Waals surface area contributed by atoms with E-state index in [2.05, 4.69) is 5.32 Å². The van der Waals surface area contributed by atoms with Gasteiger partial charge >= 0.3 is 0 Å². The molecule has 1 unspecified atom stereocenters. The molecule has 19 heavy (non-hydrogen) atoms. The van der Waals surface area contributed by atoms with E-state index in [-0.39, 0.29) is 18.7 Å². The summed E-state index contributed by atoms with van der Waals surface area (Å²) in [6.07, 6.45) is 0. The summed E-state index contributed by atoms with van der Waals surface area (Å²) < 4.78 is 10.6. The zero-order valence-corrected chi connectivity index (χ0v) is 11.7. The summed E-state index contributed by atoms with van der Waals surface area (Å²) >= 11 is 0. The summed E-state index contributed by atoms with van der Waals surface area (Å²) in [7, 11) is 2.00. The van der Waals surface area contributed by atoms with E-state index in [9.17, 15) is 4.79 Å². The lowest BCUT2D eigenvalue weighted by molar-refractivity contribution is -0.885. The molecule has 0 saturated carbocycles. The molecule has 2 N–H and O–H groups in total. The largest absolute Gasteiger partial charge is 0.454 e. The number of hydrogen-bond acceptors (Lipinski definition) is 3. The molecule has 5 heteroatoms. The molecule has 1 aliphatic heterocycles. The van der Waals surface area contributed by atoms with E-state index in [1.54, 1.807) is 0 Å². The van der Waals surface area contributed by atoms with Crippen molar-refractivity contribution < 1.29 is 19.2 Å². The van der Waals surface area contributed by atoms with Crippen LogP contribution in [0.5, 0.6) is 11.5 Å². The summed E-state index contributed by atoms with van der Waals surface area (Å²) in [4.78, 5) is 12.8. The molecule has 0 fully saturated rings. The Kier molecular flexibility index (Phi) is 4.27. The maximum Gasteiger partial charge on any atom is 0.275 e. The molecule has 1 aromatic carbocycles. The van der Waals surface area contributed by atoms with Crippen LogP contribution in [0.25, 0.3) is 0 Å². The molecule has 5 nitrogen and oxygen atoms in total. The Morgan fingerprint density at radius 3 is 2.84 bits per heavy atom. The van der Waals surface area contributed by atoms with Crippen LogP contribution in [-0.4, -0.2) is 32.3 Å². The molecular weight excluding hydrogens is 244 g/mol. The first kappa shape index (κ1) is 13.7. The minimum atomic E-state index is 0.0771. The summed E-state index contributed by atoms with van der Waals surface area (Å²) in [5.41, 5.74) is 1.14. The van der Waals surface area contributed by atoms with Crippen molar-refractivity contribution in [1.29, 1.82) is 0 Å². The molecular formula is C14H21N2O3+. The third-order valence-corrected chi connectivity index (χ3v) is 2.85. The van der Waals surface area contributed by atoms with Gasteiger partial charge in [-0.3, -0.25) is 4.79 Å². The highest BCUT2D eigenvalue weighted by Gasteiger charge is 2.16. The number of nitrogens with one attached hydrogen (secondary N) is 2. The van der Waals surface area contributed by atoms with Gasteiger partial charge in [-0.15, -0.1) is 0 Å². The third-order valence-electron chi connectivity index (χ3n) is 2.85. The lowest BCUT2D eigenvalue weighted by Crippen LogP contribution is -3.08. The van der Waals surface area contributed by atoms with Gasteiger partial charge in [-0.25, -0.2) is 0 Å². The van der Waals surface area contributed by atoms with Crippen LogP contribution in [0.15, 0.2) is 18.2 Å². The minimum Gasteiger partial charge on any atom is -0.454 e. The number of carbonyl (C=O) groups is 1. The SMILES string of the molecule is CC(C)NC(=O)C[NH+](C)Cc1ccc2c(c1)OCO2. The fourth-order valence-corrected chi connectivity index (χ4v) is 2.11. The van der Waals surface area contributed by atoms with Crippen LogP contribution < -0.4 is 19.7 Å². The second-order valence-electron chi connectivity index (χ2n) is 5.22. The van der Waals surface area contributed by atoms with Crippen molar-refractivity contribution in [2.45, 2.75) is 26.4 Å². The van der Waals surface area contributed by atoms with E-state index in [4.69, 9.17) is 9.47 Å². The first-order valence-electron chi connectivity index (χ1n) is 6.54. The Morgan fingerprint density at radius 1 is 1.37 bits per heavy atom. The fourth-order valence-electron chi connectivity index (χ4n) is 2.11. The highest BCUT2D eigenvalue weighted by atomic mass is 16.7. The molecule has 1 aromatic rings. The van der Waals surface area contributed by atoms with Gasteiger partial charge in [0.05, 0.1) is 7.05 Å². The van der Waals surface area contributed by atoms with Crippen LogP contribution >= 0.6 is 0 Å². The van der Waals surface area contributed by atoms with Gasteiger partial charge in [-0.1, -0.05) is 0 Å². The molecule has 1 aliphatic rings. The fraction of sp³-hybridized carbons (Fsp3) is 0.500. The number of amides is 1. The Balaban J connectivity index is 1.88. The van der Waals surface area contributed by atoms with E-state index < -0.39 is 0 Å². The van der Waals surface area contributed by atoms with E-state index in [0.29, 0.717) is 6.54 Å². The monoisotopic (exact) mass is 265 g/mol. The number of likely N-dealkylation sites (N-methyl/N-ethyl adjacent to an activating group) is 1. The van der Waals surface area contributed by atoms with Crippen LogP contribution in [0.3, 0.4) is 0 Å². The molecule has 0 saturated heterocycles. The molecule has 0 spiro atoms. The second kappa shape index (κ2) is 5.93. The molecule has 1 amide bonds. The van der Waals surface area contributed by atoms with Crippen molar-refractivity contribution in [3.63, 3.8) is 0 Å². The smallest absolute Gasteiger partial charge is 0.275 e. The zero-order valence-electron chi connectivity index (χ0n) is 11.7. The molecule has 1 atom stereocenters. The standard InChI is InChI=1S/C14H20N2O3/c1-10(2)15-14(17)8-16(3)7-11-4-5-12-13(6-11)19-9-18-12/h4-6,10H,7-9H2,1-3H3,(H,15,17)/p+1. The van der Waals surface area contributed by atoms with Crippen molar-refractivity contribution in [3.8, 4) is 11.5 Å². The van der Waals surface area contributed by atoms with Gasteiger partial charge in [0.2, 0.25) is 6.79 Å². The van der Waals surface area contributed by atoms with Crippen LogP contribution in [0.4, 0.5) is 0 Å². The topological polar surface area (TPSA) is 52.0 Å². The van der Waals surface area contributed by atoms with Gasteiger partial charge in [0.15, 0.2) is 18.0 Å². The second-order valence-corrected chi connectivity index (χ2v) is 5.22. The minimum absolute atomic E-state index is 0.0771. The number of quaternary nitrogens is 1. The normalized spacial score (nSPS) is 14.5. The third kappa shape index (κ3) is 3.86. The summed E-state index contributed by atoms with van der Waals surface area (Å²) in [6, 6.07) is 6.09. The number of ether oxygens (including phenoxy) is 2. The number of carbonyl (C=O) groups excluding carboxylic acids is 1. The molecule has 0 bridgehead atoms. The van der Waals surface area contributed by atoms with Crippen LogP contribution in [-0.2, 0) is 11.3 Å². The van der Waals surface area contributed by atoms with Gasteiger partial charge in [0, 0.05) is 11.6 Å². The van der Waals surface area contributed by atoms with E-state index in [0.717, 1.165) is 28.5 Å². The van der Waals surface area contributed by atoms with E-state index in [1.165, 1.54) is 0 Å². The van der Waals surface area contributed by atoms with Crippen molar-refractivity contribution >= 4 is 5.91 Å². The van der Waals surface area contributed by atoms with Crippen LogP contribution in [0.2, 0.25) is 0 Å². The zero-order chi connectivity index (χ0) is 13.8. The van der Waals surface area contributed by atoms with Gasteiger partial charge < -0.3 is 19.7 Å². The van der Waals surface area contributed by atoms with Gasteiger partial charge in [-0.05, 0) is 32.0 Å². The van der Waals surface area contributed by atoms with Crippen LogP contribution in [0.1, 0.15) is 19.4 Å². The molecule has 104 valence electrons. The first-order chi connectivity index (χ1) is 9.04. The lowest BCUT2D eigenvalue weighted by atomic mass is 10.2. The van der Waals surface area contributed by atoms with Crippen LogP contribution in [0, 0.1) is 0 Å². The van der Waals surface area contributed by atoms with Crippen molar-refractivity contribution in [2.24, 2.45) is 0 Å². The highest BCUT2D eigenvalue weighted by molar-refractivity contribution is 5.77. The summed E-state index contributed by atoms with van der Waals surface area (Å²) in [6.45, 7) is 5.46. The lowest BCUT2D eigenvalue weighted by Gasteiger charge is -2.15. The summed E-state index contributed by atoms with van der Waals surface area (Å²) in [5, 5.41) is 2.90. The molecule has 0 radical (unpaired) electrons. The molecule has 1 heterocycles.